The van der Waals surface area contributed by atoms with Crippen LogP contribution in [0.1, 0.15) is 126 Å². The maximum Gasteiger partial charge on any atom is 0.408 e. The molecule has 804 valence electrons. The van der Waals surface area contributed by atoms with Crippen LogP contribution < -0.4 is 71.2 Å². The molecule has 39 nitrogen and oxygen atoms in total. The van der Waals surface area contributed by atoms with Crippen molar-refractivity contribution < 1.29 is 76.3 Å². The number of nitrogens with zero attached hydrogens (tertiary/aromatic N) is 11. The summed E-state index contributed by atoms with van der Waals surface area (Å²) in [6.07, 6.45) is 6.37. The number of H-pyrrole nitrogens is 1. The first-order valence-electron chi connectivity index (χ1n) is 45.2. The number of halogens is 12. The third-order valence-electron chi connectivity index (χ3n) is 18.5. The second-order valence-corrected chi connectivity index (χ2v) is 39.4. The number of carbonyl (C=O) groups is 8. The minimum Gasteiger partial charge on any atom is -0.481 e. The predicted octanol–water partition coefficient (Wildman–Crippen LogP) is 21.6. The number of ether oxygens (including phenoxy) is 4. The molecule has 0 unspecified atom stereocenters. The van der Waals surface area contributed by atoms with Crippen LogP contribution in [-0.2, 0) is 57.5 Å². The number of nitrogens with one attached hydrogen (secondary N) is 9. The van der Waals surface area contributed by atoms with Gasteiger partial charge < -0.3 is 105 Å². The van der Waals surface area contributed by atoms with Gasteiger partial charge in [-0.05, 0) is 289 Å². The smallest absolute Gasteiger partial charge is 0.408 e. The number of carboxylic acid groups (broad SMARTS) is 2. The molecule has 16 rings (SSSR count). The van der Waals surface area contributed by atoms with E-state index in [1.54, 1.807) is 151 Å². The number of aliphatic imine (C=N–C) groups is 2. The number of aromatic amines is 1. The highest BCUT2D eigenvalue weighted by molar-refractivity contribution is 6.35. The van der Waals surface area contributed by atoms with Crippen molar-refractivity contribution in [2.45, 2.75) is 151 Å². The third kappa shape index (κ3) is 46.2. The summed E-state index contributed by atoms with van der Waals surface area (Å²) < 4.78 is 50.0. The molecule has 21 N–H and O–H groups in total. The van der Waals surface area contributed by atoms with Gasteiger partial charge in [0.1, 0.15) is 77.7 Å². The molecule has 0 atom stereocenters. The number of carbonyl (C=O) groups excluding carboxylic acids is 6. The van der Waals surface area contributed by atoms with Crippen molar-refractivity contribution in [1.29, 1.82) is 0 Å². The number of carboxylic acids is 2. The van der Waals surface area contributed by atoms with Crippen molar-refractivity contribution in [1.82, 2.24) is 75.6 Å². The molecule has 5 aromatic heterocycles. The standard InChI is InChI=1S/C19H12Cl2FN7.C14H17ClN2O2.2C13H18ClN3O3.C11H5Cl2FN4.C9H9ClN2.C7H13NO4.C6H7ClN2.C5H11N.C2H4O2.ClH/c20-10-4-5-13-14(6-10)26-15(25-13)8-23-17-16-18(28-19(21)27-17)29(9-24-16)12-3-1-2-11(22)7-12;1-14(2,3)19-13(18)16-8-11-7-9-6-10(15)4-5-12(9)17-11;1-13(2,3)20-12(19)16-7-11(18)17-10-5-4-8(14)6-9(10)15;1-13(2,3)20-12(19)16-7-11(18)17-10-6-8(14)4-5-9(10)15;12-9-8-10(17-11(13)16-9)18(5-15-8)7-3-1-2-6(14)4-7;10-7-1-2-9-6(3-7)4-8(5-11)12-9;1-7(2,3)12-6(11)8-4-5(9)10;7-4-1-2-5(8)6(9)3-4;1-2-4-6-5-3-1;1-2(3)4;/h1-7,9H,8H2,(H,25,26)(H,23,27,28);4-6H,7-8H2,1-3H3,(H,16,18);2*4-6H,7,15H2,1-3H3,(H,16,19)(H,17,18);1-5H;1-3H,4-5,11H2;4H2,1-3H3,(H,8,11)(H,9,10);1-3H,8-9H2;6H,1-5H2;1H3,(H,3,4);1H. The zero-order valence-corrected chi connectivity index (χ0v) is 91.1. The third-order valence-corrected chi connectivity index (χ3v) is 20.5. The van der Waals surface area contributed by atoms with Gasteiger partial charge in [0.15, 0.2) is 27.8 Å². The molecule has 3 aliphatic rings. The van der Waals surface area contributed by atoms with Crippen molar-refractivity contribution >= 4 is 261 Å². The lowest BCUT2D eigenvalue weighted by Crippen LogP contribution is -2.37. The van der Waals surface area contributed by atoms with Crippen LogP contribution in [0.15, 0.2) is 180 Å². The van der Waals surface area contributed by atoms with Crippen LogP contribution in [0, 0.1) is 11.6 Å². The Hall–Kier alpha value is -13.7. The number of aromatic nitrogens is 10. The summed E-state index contributed by atoms with van der Waals surface area (Å²) in [5.41, 5.74) is 38.9. The van der Waals surface area contributed by atoms with E-state index in [4.69, 9.17) is 167 Å². The second-order valence-electron chi connectivity index (χ2n) is 35.8. The molecule has 0 bridgehead atoms. The summed E-state index contributed by atoms with van der Waals surface area (Å²) in [5.74, 6) is -2.31. The lowest BCUT2D eigenvalue weighted by molar-refractivity contribution is -0.136. The van der Waals surface area contributed by atoms with Crippen LogP contribution in [-0.4, -0.2) is 187 Å². The Morgan fingerprint density at radius 2 is 0.867 bits per heavy atom. The van der Waals surface area contributed by atoms with Crippen molar-refractivity contribution in [3.05, 3.63) is 245 Å². The Balaban J connectivity index is 0.000000262. The highest BCUT2D eigenvalue weighted by atomic mass is 35.5. The van der Waals surface area contributed by atoms with E-state index in [-0.39, 0.29) is 52.9 Å². The fourth-order valence-corrected chi connectivity index (χ4v) is 14.0. The summed E-state index contributed by atoms with van der Waals surface area (Å²) in [7, 11) is 0. The Bertz CT molecular complexity index is 6880. The molecule has 3 aliphatic heterocycles. The molecule has 0 aliphatic carbocycles. The SMILES string of the molecule is C1CCNCC1.CC(=O)O.CC(C)(C)OC(=O)NCC(=O)Nc1cc(Cl)ccc1N.CC(C)(C)OC(=O)NCC(=O)Nc1ccc(Cl)cc1N.CC(C)(C)OC(=O)NCC(=O)O.CC(C)(C)OC(=O)NCC1=Nc2ccc(Cl)cc2C1.Cl.Fc1cccc(-n2cnc3c(Cl)nc(Cl)nc32)c1.Fc1cccc(-n2cnc3c(NCc4nc5ccc(Cl)cc5[nH]4)nc(Cl)nc32)c1.NCC1=Nc2ccc(Cl)cc2C1.Nc1ccc(Cl)cc1N. The summed E-state index contributed by atoms with van der Waals surface area (Å²) in [5, 5.41) is 40.6. The van der Waals surface area contributed by atoms with Gasteiger partial charge in [-0.2, -0.15) is 15.0 Å². The Kier molecular flexibility index (Phi) is 49.7. The van der Waals surface area contributed by atoms with E-state index in [9.17, 15) is 42.3 Å². The number of amides is 6. The average Bonchev–Trinajstić information content (AvgIpc) is 1.66. The van der Waals surface area contributed by atoms with Crippen LogP contribution in [0.2, 0.25) is 45.9 Å². The van der Waals surface area contributed by atoms with Gasteiger partial charge in [0.05, 0.1) is 81.0 Å². The number of nitrogens with two attached hydrogens (primary N) is 5. The molecular formula is C99H115Cl10F2N25O14. The molecule has 0 saturated carbocycles. The summed E-state index contributed by atoms with van der Waals surface area (Å²) in [4.78, 5) is 129. The van der Waals surface area contributed by atoms with Crippen molar-refractivity contribution in [2.75, 3.05) is 84.7 Å². The summed E-state index contributed by atoms with van der Waals surface area (Å²) >= 11 is 52.7. The van der Waals surface area contributed by atoms with Gasteiger partial charge in [-0.25, -0.2) is 47.9 Å². The van der Waals surface area contributed by atoms with Crippen LogP contribution >= 0.6 is 117 Å². The normalized spacial score (nSPS) is 11.8. The Morgan fingerprint density at radius 1 is 0.447 bits per heavy atom. The quantitative estimate of drug-likeness (QED) is 0.0185. The largest absolute Gasteiger partial charge is 0.481 e. The van der Waals surface area contributed by atoms with E-state index >= 15 is 0 Å². The molecule has 8 aromatic carbocycles. The van der Waals surface area contributed by atoms with Gasteiger partial charge in [0, 0.05) is 67.9 Å². The van der Waals surface area contributed by atoms with E-state index in [0.29, 0.717) is 131 Å². The summed E-state index contributed by atoms with van der Waals surface area (Å²) in [6.45, 7) is 25.0. The second kappa shape index (κ2) is 59.6. The number of nitrogen functional groups attached to an aromatic ring is 4. The molecule has 150 heavy (non-hydrogen) atoms. The molecular weight excluding hydrogens is 2160 g/mol. The Morgan fingerprint density at radius 3 is 1.33 bits per heavy atom. The van der Waals surface area contributed by atoms with Gasteiger partial charge in [-0.3, -0.25) is 38.3 Å². The zero-order chi connectivity index (χ0) is 110. The van der Waals surface area contributed by atoms with Crippen molar-refractivity contribution in [2.24, 2.45) is 15.7 Å². The monoisotopic (exact) mass is 2270 g/mol. The summed E-state index contributed by atoms with van der Waals surface area (Å²) in [6, 6.07) is 43.4. The first-order valence-corrected chi connectivity index (χ1v) is 48.6. The van der Waals surface area contributed by atoms with Gasteiger partial charge in [-0.1, -0.05) is 99.8 Å². The zero-order valence-electron chi connectivity index (χ0n) is 83.5. The number of fused-ring (bicyclic) bond motifs is 5. The van der Waals surface area contributed by atoms with E-state index in [0.717, 1.165) is 57.8 Å². The highest BCUT2D eigenvalue weighted by Gasteiger charge is 2.25. The molecule has 51 heteroatoms. The molecule has 13 aromatic rings. The number of hydrogen-bond donors (Lipinski definition) is 16. The van der Waals surface area contributed by atoms with E-state index in [1.807, 2.05) is 69.3 Å². The van der Waals surface area contributed by atoms with Gasteiger partial charge in [0.25, 0.3) is 5.97 Å². The lowest BCUT2D eigenvalue weighted by atomic mass is 10.1. The Labute approximate surface area is 914 Å². The van der Waals surface area contributed by atoms with E-state index in [2.05, 4.69) is 92.4 Å². The van der Waals surface area contributed by atoms with Crippen LogP contribution in [0.25, 0.3) is 44.7 Å². The average molecular weight is 2270 g/mol. The number of hydrogen-bond acceptors (Lipinski definition) is 28. The van der Waals surface area contributed by atoms with E-state index in [1.165, 1.54) is 80.6 Å². The fraction of sp³-hybridized carbons (Fsp3) is 0.303. The predicted molar refractivity (Wildman–Crippen MR) is 591 cm³/mol. The number of benzene rings is 8. The minimum absolute atomic E-state index is 0. The first-order chi connectivity index (χ1) is 69.9. The number of piperidine rings is 1. The molecule has 0 radical (unpaired) electrons. The molecule has 8 heterocycles. The molecule has 6 amide bonds. The van der Waals surface area contributed by atoms with Gasteiger partial charge in [0.2, 0.25) is 22.4 Å². The lowest BCUT2D eigenvalue weighted by Gasteiger charge is -2.19. The van der Waals surface area contributed by atoms with Gasteiger partial charge >= 0.3 is 30.3 Å². The number of anilines is 7. The first kappa shape index (κ1) is 125. The number of rotatable bonds is 16. The van der Waals surface area contributed by atoms with Crippen LogP contribution in [0.4, 0.5) is 79.3 Å². The topological polar surface area (TPSA) is 581 Å². The van der Waals surface area contributed by atoms with Crippen LogP contribution in [0.5, 0.6) is 0 Å². The van der Waals surface area contributed by atoms with Crippen molar-refractivity contribution in [3.8, 4) is 11.4 Å². The molecule has 1 fully saturated rings. The van der Waals surface area contributed by atoms with E-state index < -0.39 is 77.1 Å². The van der Waals surface area contributed by atoms with Gasteiger partial charge in [-0.15, -0.1) is 12.4 Å². The maximum atomic E-state index is 13.6. The number of aliphatic carboxylic acids is 2. The number of imidazole rings is 3. The molecule has 0 spiro atoms. The molecule has 1 saturated heterocycles. The maximum absolute atomic E-state index is 13.6. The van der Waals surface area contributed by atoms with Crippen molar-refractivity contribution in [3.63, 3.8) is 0 Å². The number of alkyl carbamates (subject to hydrolysis) is 4. The highest BCUT2D eigenvalue weighted by Crippen LogP contribution is 2.34. The fourth-order valence-electron chi connectivity index (χ4n) is 12.3. The minimum atomic E-state index is -1.10. The van der Waals surface area contributed by atoms with Crippen LogP contribution in [0.3, 0.4) is 0 Å².